The Morgan fingerprint density at radius 3 is 1.87 bits per heavy atom. The zero-order valence-corrected chi connectivity index (χ0v) is 24.1. The molecule has 0 radical (unpaired) electrons. The van der Waals surface area contributed by atoms with E-state index in [1.807, 2.05) is 18.2 Å². The predicted octanol–water partition coefficient (Wildman–Crippen LogP) is 11.3. The molecule has 3 aromatic heterocycles. The Balaban J connectivity index is 1.19. The lowest BCUT2D eigenvalue weighted by atomic mass is 9.97. The summed E-state index contributed by atoms with van der Waals surface area (Å²) in [6, 6.07) is 51.4. The lowest BCUT2D eigenvalue weighted by Gasteiger charge is -2.07. The van der Waals surface area contributed by atoms with E-state index in [9.17, 15) is 0 Å². The highest BCUT2D eigenvalue weighted by Gasteiger charge is 2.22. The molecule has 0 saturated carbocycles. The van der Waals surface area contributed by atoms with Crippen molar-refractivity contribution in [3.8, 4) is 28.3 Å². The third kappa shape index (κ3) is 3.57. The van der Waals surface area contributed by atoms with Crippen LogP contribution in [0.3, 0.4) is 0 Å². The smallest absolute Gasteiger partial charge is 0.307 e. The molecule has 0 saturated heterocycles. The molecule has 10 rings (SSSR count). The molecular formula is C41H24N2O2. The molecule has 0 spiro atoms. The van der Waals surface area contributed by atoms with Crippen molar-refractivity contribution in [3.05, 3.63) is 146 Å². The summed E-state index contributed by atoms with van der Waals surface area (Å²) in [4.78, 5) is 5.16. The van der Waals surface area contributed by atoms with E-state index in [1.165, 1.54) is 32.7 Å². The van der Waals surface area contributed by atoms with Gasteiger partial charge in [-0.25, -0.2) is 0 Å². The van der Waals surface area contributed by atoms with Crippen molar-refractivity contribution in [2.24, 2.45) is 0 Å². The number of hydrogen-bond acceptors (Lipinski definition) is 3. The number of nitrogens with zero attached hydrogens (tertiary/aromatic N) is 2. The van der Waals surface area contributed by atoms with Gasteiger partial charge in [-0.3, -0.25) is 4.57 Å². The average molecular weight is 577 g/mol. The Morgan fingerprint density at radius 2 is 1.09 bits per heavy atom. The first kappa shape index (κ1) is 24.3. The third-order valence-electron chi connectivity index (χ3n) is 9.04. The maximum Gasteiger partial charge on any atom is 0.307 e. The topological polar surface area (TPSA) is 44.1 Å². The van der Waals surface area contributed by atoms with E-state index >= 15 is 0 Å². The molecule has 45 heavy (non-hydrogen) atoms. The minimum Gasteiger partial charge on any atom is -0.455 e. The van der Waals surface area contributed by atoms with Crippen molar-refractivity contribution >= 4 is 65.6 Å². The number of para-hydroxylation sites is 3. The first-order valence-electron chi connectivity index (χ1n) is 15.1. The summed E-state index contributed by atoms with van der Waals surface area (Å²) in [6.45, 7) is 0. The van der Waals surface area contributed by atoms with Crippen LogP contribution in [-0.4, -0.2) is 9.55 Å². The Labute approximate surface area is 257 Å². The summed E-state index contributed by atoms with van der Waals surface area (Å²) in [6.07, 6.45) is 0. The predicted molar refractivity (Wildman–Crippen MR) is 184 cm³/mol. The molecule has 0 aliphatic rings. The van der Waals surface area contributed by atoms with Crippen molar-refractivity contribution < 1.29 is 8.83 Å². The molecule has 4 nitrogen and oxygen atoms in total. The SMILES string of the molecule is c1ccc2cc(-c3ccc(-c4cc5oc(-n6c7ccccc7c7ccccc76)nc5c5c4oc4ccccc45)cc3)ccc2c1. The van der Waals surface area contributed by atoms with Crippen LogP contribution in [0.4, 0.5) is 0 Å². The number of furan rings is 1. The van der Waals surface area contributed by atoms with Crippen LogP contribution in [0.2, 0.25) is 0 Å². The van der Waals surface area contributed by atoms with Crippen molar-refractivity contribution in [2.45, 2.75) is 0 Å². The number of hydrogen-bond donors (Lipinski definition) is 0. The minimum absolute atomic E-state index is 0.540. The van der Waals surface area contributed by atoms with E-state index < -0.39 is 0 Å². The molecule has 0 aliphatic carbocycles. The fraction of sp³-hybridized carbons (Fsp3) is 0. The van der Waals surface area contributed by atoms with Crippen molar-refractivity contribution in [1.82, 2.24) is 9.55 Å². The average Bonchev–Trinajstić information content (AvgIpc) is 3.79. The Bertz CT molecular complexity index is 2710. The second-order valence-electron chi connectivity index (χ2n) is 11.6. The van der Waals surface area contributed by atoms with Gasteiger partial charge in [0.05, 0.1) is 16.4 Å². The standard InChI is InChI=1S/C41H24N2O2/c1-2-10-28-23-29(22-19-25(28)9-1)26-17-20-27(21-18-26)33-24-37-39(38-32-13-5-8-16-36(32)44-40(33)38)42-41(45-37)43-34-14-6-3-11-30(34)31-12-4-7-15-35(31)43/h1-24H. The van der Waals surface area contributed by atoms with Gasteiger partial charge in [-0.2, -0.15) is 4.98 Å². The van der Waals surface area contributed by atoms with E-state index in [2.05, 4.69) is 132 Å². The van der Waals surface area contributed by atoms with Gasteiger partial charge < -0.3 is 8.83 Å². The van der Waals surface area contributed by atoms with Gasteiger partial charge in [-0.1, -0.05) is 115 Å². The molecular weight excluding hydrogens is 552 g/mol. The first-order chi connectivity index (χ1) is 22.3. The normalized spacial score (nSPS) is 12.0. The molecule has 0 amide bonds. The molecule has 10 aromatic rings. The van der Waals surface area contributed by atoms with Crippen LogP contribution in [0.15, 0.2) is 154 Å². The fourth-order valence-electron chi connectivity index (χ4n) is 6.91. The van der Waals surface area contributed by atoms with Crippen LogP contribution >= 0.6 is 0 Å². The summed E-state index contributed by atoms with van der Waals surface area (Å²) in [5.74, 6) is 0. The second kappa shape index (κ2) is 9.18. The Morgan fingerprint density at radius 1 is 0.467 bits per heavy atom. The highest BCUT2D eigenvalue weighted by molar-refractivity contribution is 6.20. The van der Waals surface area contributed by atoms with Crippen LogP contribution < -0.4 is 0 Å². The molecule has 0 fully saturated rings. The number of aromatic nitrogens is 2. The van der Waals surface area contributed by atoms with Gasteiger partial charge in [0, 0.05) is 21.7 Å². The second-order valence-corrected chi connectivity index (χ2v) is 11.6. The Kier molecular flexibility index (Phi) is 4.96. The van der Waals surface area contributed by atoms with Crippen molar-refractivity contribution in [1.29, 1.82) is 0 Å². The molecule has 0 unspecified atom stereocenters. The summed E-state index contributed by atoms with van der Waals surface area (Å²) >= 11 is 0. The molecule has 0 atom stereocenters. The molecule has 3 heterocycles. The largest absolute Gasteiger partial charge is 0.455 e. The van der Waals surface area contributed by atoms with Gasteiger partial charge in [-0.05, 0) is 57.8 Å². The Hall–Kier alpha value is -6.13. The van der Waals surface area contributed by atoms with E-state index in [0.29, 0.717) is 6.01 Å². The quantitative estimate of drug-likeness (QED) is 0.210. The van der Waals surface area contributed by atoms with Gasteiger partial charge in [0.25, 0.3) is 0 Å². The van der Waals surface area contributed by atoms with E-state index in [4.69, 9.17) is 13.8 Å². The highest BCUT2D eigenvalue weighted by Crippen LogP contribution is 2.42. The van der Waals surface area contributed by atoms with Crippen LogP contribution in [-0.2, 0) is 0 Å². The lowest BCUT2D eigenvalue weighted by molar-refractivity contribution is 0.574. The van der Waals surface area contributed by atoms with E-state index in [1.54, 1.807) is 0 Å². The highest BCUT2D eigenvalue weighted by atomic mass is 16.4. The monoisotopic (exact) mass is 576 g/mol. The first-order valence-corrected chi connectivity index (χ1v) is 15.1. The third-order valence-corrected chi connectivity index (χ3v) is 9.04. The van der Waals surface area contributed by atoms with Gasteiger partial charge in [0.2, 0.25) is 0 Å². The molecule has 0 bridgehead atoms. The van der Waals surface area contributed by atoms with Crippen LogP contribution in [0.25, 0.3) is 93.9 Å². The number of oxazole rings is 1. The van der Waals surface area contributed by atoms with Gasteiger partial charge in [0.15, 0.2) is 5.58 Å². The van der Waals surface area contributed by atoms with Gasteiger partial charge in [-0.15, -0.1) is 0 Å². The van der Waals surface area contributed by atoms with Crippen LogP contribution in [0.1, 0.15) is 0 Å². The summed E-state index contributed by atoms with van der Waals surface area (Å²) in [5, 5.41) is 6.80. The number of rotatable bonds is 3. The fourth-order valence-corrected chi connectivity index (χ4v) is 6.91. The summed E-state index contributed by atoms with van der Waals surface area (Å²) in [5.41, 5.74) is 9.66. The van der Waals surface area contributed by atoms with E-state index in [0.717, 1.165) is 55.2 Å². The maximum absolute atomic E-state index is 6.66. The molecule has 4 heteroatoms. The van der Waals surface area contributed by atoms with Crippen molar-refractivity contribution in [3.63, 3.8) is 0 Å². The zero-order chi connectivity index (χ0) is 29.5. The van der Waals surface area contributed by atoms with E-state index in [-0.39, 0.29) is 0 Å². The van der Waals surface area contributed by atoms with Gasteiger partial charge >= 0.3 is 6.01 Å². The molecule has 7 aromatic carbocycles. The number of fused-ring (bicyclic) bond motifs is 9. The zero-order valence-electron chi connectivity index (χ0n) is 24.1. The molecule has 0 aliphatic heterocycles. The number of benzene rings is 7. The summed E-state index contributed by atoms with van der Waals surface area (Å²) in [7, 11) is 0. The molecule has 210 valence electrons. The lowest BCUT2D eigenvalue weighted by Crippen LogP contribution is -1.93. The van der Waals surface area contributed by atoms with Crippen LogP contribution in [0.5, 0.6) is 0 Å². The van der Waals surface area contributed by atoms with Crippen LogP contribution in [0, 0.1) is 0 Å². The summed E-state index contributed by atoms with van der Waals surface area (Å²) < 4.78 is 15.3. The minimum atomic E-state index is 0.540. The molecule has 0 N–H and O–H groups in total. The maximum atomic E-state index is 6.66. The van der Waals surface area contributed by atoms with Crippen molar-refractivity contribution in [2.75, 3.05) is 0 Å². The van der Waals surface area contributed by atoms with Gasteiger partial charge in [0.1, 0.15) is 16.7 Å².